The smallest absolute Gasteiger partial charge is 0.251 e. The first-order chi connectivity index (χ1) is 8.75. The number of carbonyl (C=O) groups is 1. The van der Waals surface area contributed by atoms with Crippen molar-refractivity contribution in [2.24, 2.45) is 5.92 Å². The molecule has 0 radical (unpaired) electrons. The summed E-state index contributed by atoms with van der Waals surface area (Å²) in [5, 5.41) is 5.10. The van der Waals surface area contributed by atoms with Crippen molar-refractivity contribution >= 4 is 32.6 Å². The first-order valence-corrected chi connectivity index (χ1v) is 7.00. The van der Waals surface area contributed by atoms with Gasteiger partial charge in [0.15, 0.2) is 0 Å². The summed E-state index contributed by atoms with van der Waals surface area (Å²) in [5.41, 5.74) is 0.759. The van der Waals surface area contributed by atoms with Crippen LogP contribution in [0.4, 0.5) is 0 Å². The van der Waals surface area contributed by atoms with Gasteiger partial charge in [-0.25, -0.2) is 0 Å². The summed E-state index contributed by atoms with van der Waals surface area (Å²) in [6.45, 7) is 0.809. The van der Waals surface area contributed by atoms with Gasteiger partial charge >= 0.3 is 0 Å². The zero-order chi connectivity index (χ0) is 12.5. The molecule has 0 aliphatic heterocycles. The minimum atomic E-state index is 0.0330. The van der Waals surface area contributed by atoms with Crippen molar-refractivity contribution in [2.75, 3.05) is 6.54 Å². The molecule has 1 amide bonds. The standard InChI is InChI=1S/C15H14BrNO/c16-14-6-2-3-11-12(14)4-1-5-13(11)15(18)17-9-10-7-8-10/h1-6,10H,7-9H2,(H,17,18). The lowest BCUT2D eigenvalue weighted by Gasteiger charge is -2.08. The molecular weight excluding hydrogens is 290 g/mol. The van der Waals surface area contributed by atoms with Crippen molar-refractivity contribution in [1.82, 2.24) is 5.32 Å². The molecule has 2 aromatic rings. The van der Waals surface area contributed by atoms with Gasteiger partial charge in [0, 0.05) is 16.6 Å². The molecule has 2 aromatic carbocycles. The molecule has 0 atom stereocenters. The number of hydrogen-bond donors (Lipinski definition) is 1. The SMILES string of the molecule is O=C(NCC1CC1)c1cccc2c(Br)cccc12. The Morgan fingerprint density at radius 1 is 1.17 bits per heavy atom. The van der Waals surface area contributed by atoms with E-state index < -0.39 is 0 Å². The fourth-order valence-corrected chi connectivity index (χ4v) is 2.62. The van der Waals surface area contributed by atoms with Crippen LogP contribution in [0, 0.1) is 5.92 Å². The molecule has 1 N–H and O–H groups in total. The Morgan fingerprint density at radius 3 is 2.67 bits per heavy atom. The number of hydrogen-bond acceptors (Lipinski definition) is 1. The van der Waals surface area contributed by atoms with Gasteiger partial charge in [0.1, 0.15) is 0 Å². The maximum Gasteiger partial charge on any atom is 0.251 e. The van der Waals surface area contributed by atoms with Crippen LogP contribution in [0.15, 0.2) is 40.9 Å². The Kier molecular flexibility index (Phi) is 3.08. The molecule has 0 saturated heterocycles. The first-order valence-electron chi connectivity index (χ1n) is 6.21. The predicted molar refractivity (Wildman–Crippen MR) is 76.7 cm³/mol. The molecule has 1 saturated carbocycles. The maximum atomic E-state index is 12.2. The Bertz CT molecular complexity index is 604. The summed E-state index contributed by atoms with van der Waals surface area (Å²) in [4.78, 5) is 12.2. The third-order valence-electron chi connectivity index (χ3n) is 3.36. The van der Waals surface area contributed by atoms with E-state index in [1.165, 1.54) is 12.8 Å². The van der Waals surface area contributed by atoms with E-state index in [4.69, 9.17) is 0 Å². The molecule has 3 heteroatoms. The van der Waals surface area contributed by atoms with E-state index in [2.05, 4.69) is 21.2 Å². The van der Waals surface area contributed by atoms with Gasteiger partial charge in [-0.3, -0.25) is 4.79 Å². The fraction of sp³-hybridized carbons (Fsp3) is 0.267. The summed E-state index contributed by atoms with van der Waals surface area (Å²) in [6, 6.07) is 11.8. The topological polar surface area (TPSA) is 29.1 Å². The zero-order valence-corrected chi connectivity index (χ0v) is 11.5. The Hall–Kier alpha value is -1.35. The van der Waals surface area contributed by atoms with Crippen molar-refractivity contribution < 1.29 is 4.79 Å². The molecular formula is C15H14BrNO. The molecule has 0 unspecified atom stereocenters. The van der Waals surface area contributed by atoms with Crippen LogP contribution < -0.4 is 5.32 Å². The van der Waals surface area contributed by atoms with Crippen LogP contribution in [0.5, 0.6) is 0 Å². The van der Waals surface area contributed by atoms with E-state index in [0.29, 0.717) is 5.92 Å². The summed E-state index contributed by atoms with van der Waals surface area (Å²) >= 11 is 3.52. The van der Waals surface area contributed by atoms with E-state index in [9.17, 15) is 4.79 Å². The largest absolute Gasteiger partial charge is 0.352 e. The van der Waals surface area contributed by atoms with Gasteiger partial charge in [-0.05, 0) is 41.7 Å². The van der Waals surface area contributed by atoms with E-state index in [1.54, 1.807) is 0 Å². The molecule has 18 heavy (non-hydrogen) atoms. The number of carbonyl (C=O) groups excluding carboxylic acids is 1. The van der Waals surface area contributed by atoms with Crippen molar-refractivity contribution in [2.45, 2.75) is 12.8 Å². The monoisotopic (exact) mass is 303 g/mol. The van der Waals surface area contributed by atoms with Crippen LogP contribution in [0.25, 0.3) is 10.8 Å². The first kappa shape index (κ1) is 11.7. The average Bonchev–Trinajstić information content (AvgIpc) is 3.20. The molecule has 2 nitrogen and oxygen atoms in total. The predicted octanol–water partition coefficient (Wildman–Crippen LogP) is 3.74. The highest BCUT2D eigenvalue weighted by molar-refractivity contribution is 9.10. The number of benzene rings is 2. The lowest BCUT2D eigenvalue weighted by molar-refractivity contribution is 0.0953. The normalized spacial score (nSPS) is 14.7. The summed E-state index contributed by atoms with van der Waals surface area (Å²) in [5.74, 6) is 0.737. The van der Waals surface area contributed by atoms with Gasteiger partial charge in [0.05, 0.1) is 0 Å². The van der Waals surface area contributed by atoms with Gasteiger partial charge in [0.2, 0.25) is 0 Å². The van der Waals surface area contributed by atoms with Gasteiger partial charge in [-0.2, -0.15) is 0 Å². The summed E-state index contributed by atoms with van der Waals surface area (Å²) in [7, 11) is 0. The van der Waals surface area contributed by atoms with Crippen molar-refractivity contribution in [3.63, 3.8) is 0 Å². The van der Waals surface area contributed by atoms with Crippen LogP contribution in [-0.4, -0.2) is 12.5 Å². The minimum Gasteiger partial charge on any atom is -0.352 e. The minimum absolute atomic E-state index is 0.0330. The van der Waals surface area contributed by atoms with Crippen molar-refractivity contribution in [3.8, 4) is 0 Å². The van der Waals surface area contributed by atoms with Crippen LogP contribution in [0.3, 0.4) is 0 Å². The second-order valence-corrected chi connectivity index (χ2v) is 5.65. The maximum absolute atomic E-state index is 12.2. The Balaban J connectivity index is 1.94. The molecule has 1 aliphatic rings. The summed E-state index contributed by atoms with van der Waals surface area (Å²) in [6.07, 6.45) is 2.50. The Labute approximate surface area is 115 Å². The molecule has 1 fully saturated rings. The zero-order valence-electron chi connectivity index (χ0n) is 9.95. The summed E-state index contributed by atoms with van der Waals surface area (Å²) < 4.78 is 1.02. The quantitative estimate of drug-likeness (QED) is 0.919. The molecule has 0 bridgehead atoms. The van der Waals surface area contributed by atoms with E-state index in [1.807, 2.05) is 36.4 Å². The number of halogens is 1. The molecule has 0 aromatic heterocycles. The lowest BCUT2D eigenvalue weighted by atomic mass is 10.0. The Morgan fingerprint density at radius 2 is 1.89 bits per heavy atom. The molecule has 92 valence electrons. The number of rotatable bonds is 3. The fourth-order valence-electron chi connectivity index (χ4n) is 2.12. The van der Waals surface area contributed by atoms with Crippen molar-refractivity contribution in [1.29, 1.82) is 0 Å². The second kappa shape index (κ2) is 4.73. The van der Waals surface area contributed by atoms with Crippen LogP contribution in [0.1, 0.15) is 23.2 Å². The molecule has 0 heterocycles. The average molecular weight is 304 g/mol. The van der Waals surface area contributed by atoms with Crippen LogP contribution in [-0.2, 0) is 0 Å². The highest BCUT2D eigenvalue weighted by Gasteiger charge is 2.22. The van der Waals surface area contributed by atoms with Gasteiger partial charge in [0.25, 0.3) is 5.91 Å². The lowest BCUT2D eigenvalue weighted by Crippen LogP contribution is -2.25. The molecule has 3 rings (SSSR count). The van der Waals surface area contributed by atoms with Crippen LogP contribution >= 0.6 is 15.9 Å². The third kappa shape index (κ3) is 2.27. The van der Waals surface area contributed by atoms with Crippen LogP contribution in [0.2, 0.25) is 0 Å². The number of nitrogens with one attached hydrogen (secondary N) is 1. The second-order valence-electron chi connectivity index (χ2n) is 4.79. The molecule has 0 spiro atoms. The molecule has 1 aliphatic carbocycles. The van der Waals surface area contributed by atoms with Gasteiger partial charge in [-0.1, -0.05) is 40.2 Å². The van der Waals surface area contributed by atoms with E-state index in [0.717, 1.165) is 27.4 Å². The number of amides is 1. The van der Waals surface area contributed by atoms with Crippen molar-refractivity contribution in [3.05, 3.63) is 46.4 Å². The van der Waals surface area contributed by atoms with E-state index in [-0.39, 0.29) is 5.91 Å². The highest BCUT2D eigenvalue weighted by atomic mass is 79.9. The van der Waals surface area contributed by atoms with Gasteiger partial charge in [-0.15, -0.1) is 0 Å². The number of fused-ring (bicyclic) bond motifs is 1. The highest BCUT2D eigenvalue weighted by Crippen LogP contribution is 2.28. The van der Waals surface area contributed by atoms with E-state index >= 15 is 0 Å². The van der Waals surface area contributed by atoms with Gasteiger partial charge < -0.3 is 5.32 Å². The third-order valence-corrected chi connectivity index (χ3v) is 4.05.